The smallest absolute Gasteiger partial charge is 0.119 e. The van der Waals surface area contributed by atoms with Crippen LogP contribution in [0.2, 0.25) is 0 Å². The molecule has 1 aliphatic carbocycles. The molecule has 0 radical (unpaired) electrons. The molecule has 0 saturated heterocycles. The van der Waals surface area contributed by atoms with Crippen molar-refractivity contribution in [2.24, 2.45) is 5.92 Å². The van der Waals surface area contributed by atoms with Crippen LogP contribution < -0.4 is 10.1 Å². The van der Waals surface area contributed by atoms with E-state index >= 15 is 0 Å². The summed E-state index contributed by atoms with van der Waals surface area (Å²) in [6, 6.07) is 6.37. The van der Waals surface area contributed by atoms with Crippen molar-refractivity contribution in [3.63, 3.8) is 0 Å². The van der Waals surface area contributed by atoms with E-state index in [2.05, 4.69) is 11.4 Å². The molecule has 1 aliphatic heterocycles. The number of fused-ring (bicyclic) bond motifs is 1. The van der Waals surface area contributed by atoms with Gasteiger partial charge in [-0.15, -0.1) is 0 Å². The van der Waals surface area contributed by atoms with Gasteiger partial charge in [0.2, 0.25) is 0 Å². The fourth-order valence-corrected chi connectivity index (χ4v) is 3.00. The van der Waals surface area contributed by atoms with Crippen LogP contribution in [0.25, 0.3) is 0 Å². The molecular formula is C15H21NO2. The lowest BCUT2D eigenvalue weighted by Crippen LogP contribution is -2.46. The minimum Gasteiger partial charge on any atom is -0.494 e. The first-order chi connectivity index (χ1) is 8.78. The predicted octanol–water partition coefficient (Wildman–Crippen LogP) is 2.58. The number of hydrogen-bond acceptors (Lipinski definition) is 3. The van der Waals surface area contributed by atoms with Crippen LogP contribution in [0.1, 0.15) is 31.7 Å². The quantitative estimate of drug-likeness (QED) is 0.862. The molecule has 2 unspecified atom stereocenters. The fraction of sp³-hybridized carbons (Fsp3) is 0.600. The van der Waals surface area contributed by atoms with Crippen molar-refractivity contribution < 1.29 is 9.84 Å². The standard InChI is InChI=1S/C15H21NO2/c1-2-18-12-6-7-13-11(8-12)9-14(17)15(16-13)10-4-3-5-10/h6-8,10,14-17H,2-5,9H2,1H3. The van der Waals surface area contributed by atoms with Gasteiger partial charge in [-0.3, -0.25) is 0 Å². The van der Waals surface area contributed by atoms with Crippen LogP contribution in [0, 0.1) is 5.92 Å². The maximum Gasteiger partial charge on any atom is 0.119 e. The molecule has 0 spiro atoms. The van der Waals surface area contributed by atoms with Crippen LogP contribution in [0.4, 0.5) is 5.69 Å². The molecule has 3 nitrogen and oxygen atoms in total. The van der Waals surface area contributed by atoms with E-state index < -0.39 is 0 Å². The van der Waals surface area contributed by atoms with E-state index in [9.17, 15) is 5.11 Å². The zero-order valence-electron chi connectivity index (χ0n) is 10.9. The summed E-state index contributed by atoms with van der Waals surface area (Å²) < 4.78 is 5.50. The summed E-state index contributed by atoms with van der Waals surface area (Å²) in [5.41, 5.74) is 2.34. The number of rotatable bonds is 3. The molecule has 1 aromatic rings. The maximum absolute atomic E-state index is 10.3. The third kappa shape index (κ3) is 2.07. The molecule has 2 atom stereocenters. The molecule has 0 amide bonds. The normalized spacial score (nSPS) is 27.0. The van der Waals surface area contributed by atoms with E-state index in [-0.39, 0.29) is 12.1 Å². The summed E-state index contributed by atoms with van der Waals surface area (Å²) >= 11 is 0. The largest absolute Gasteiger partial charge is 0.494 e. The summed E-state index contributed by atoms with van der Waals surface area (Å²) in [5.74, 6) is 1.55. The lowest BCUT2D eigenvalue weighted by molar-refractivity contribution is 0.0961. The van der Waals surface area contributed by atoms with Gasteiger partial charge in [0.15, 0.2) is 0 Å². The van der Waals surface area contributed by atoms with E-state index in [1.54, 1.807) is 0 Å². The van der Waals surface area contributed by atoms with Crippen molar-refractivity contribution in [1.29, 1.82) is 0 Å². The first-order valence-corrected chi connectivity index (χ1v) is 6.98. The van der Waals surface area contributed by atoms with Crippen LogP contribution in [-0.2, 0) is 6.42 Å². The van der Waals surface area contributed by atoms with E-state index in [1.165, 1.54) is 30.5 Å². The fourth-order valence-electron chi connectivity index (χ4n) is 3.00. The van der Waals surface area contributed by atoms with Crippen LogP contribution in [0.5, 0.6) is 5.75 Å². The van der Waals surface area contributed by atoms with Crippen molar-refractivity contribution in [3.8, 4) is 5.75 Å². The zero-order chi connectivity index (χ0) is 12.5. The summed E-state index contributed by atoms with van der Waals surface area (Å²) in [4.78, 5) is 0. The molecule has 0 bridgehead atoms. The number of benzene rings is 1. The Balaban J connectivity index is 1.79. The second-order valence-corrected chi connectivity index (χ2v) is 5.38. The highest BCUT2D eigenvalue weighted by atomic mass is 16.5. The van der Waals surface area contributed by atoms with Crippen LogP contribution >= 0.6 is 0 Å². The second-order valence-electron chi connectivity index (χ2n) is 5.38. The molecule has 3 heteroatoms. The Labute approximate surface area is 108 Å². The van der Waals surface area contributed by atoms with Crippen molar-refractivity contribution in [2.45, 2.75) is 44.8 Å². The van der Waals surface area contributed by atoms with E-state index in [0.717, 1.165) is 12.2 Å². The maximum atomic E-state index is 10.3. The van der Waals surface area contributed by atoms with Gasteiger partial charge in [-0.2, -0.15) is 0 Å². The van der Waals surface area contributed by atoms with Crippen LogP contribution in [0.15, 0.2) is 18.2 Å². The van der Waals surface area contributed by atoms with Gasteiger partial charge in [0.1, 0.15) is 5.75 Å². The number of hydrogen-bond donors (Lipinski definition) is 2. The van der Waals surface area contributed by atoms with Gasteiger partial charge in [-0.1, -0.05) is 6.42 Å². The van der Waals surface area contributed by atoms with Crippen molar-refractivity contribution >= 4 is 5.69 Å². The van der Waals surface area contributed by atoms with Crippen molar-refractivity contribution in [1.82, 2.24) is 0 Å². The van der Waals surface area contributed by atoms with Crippen LogP contribution in [0.3, 0.4) is 0 Å². The molecule has 98 valence electrons. The predicted molar refractivity (Wildman–Crippen MR) is 72.1 cm³/mol. The molecule has 1 aromatic carbocycles. The third-order valence-corrected chi connectivity index (χ3v) is 4.21. The van der Waals surface area contributed by atoms with E-state index in [1.807, 2.05) is 19.1 Å². The molecule has 18 heavy (non-hydrogen) atoms. The number of ether oxygens (including phenoxy) is 1. The molecule has 0 aromatic heterocycles. The van der Waals surface area contributed by atoms with Gasteiger partial charge in [0.25, 0.3) is 0 Å². The van der Waals surface area contributed by atoms with Gasteiger partial charge >= 0.3 is 0 Å². The number of aliphatic hydroxyl groups is 1. The highest BCUT2D eigenvalue weighted by molar-refractivity contribution is 5.57. The second kappa shape index (κ2) is 4.81. The molecule has 1 saturated carbocycles. The first-order valence-electron chi connectivity index (χ1n) is 6.98. The van der Waals surface area contributed by atoms with Crippen molar-refractivity contribution in [3.05, 3.63) is 23.8 Å². The summed E-state index contributed by atoms with van der Waals surface area (Å²) in [6.45, 7) is 2.67. The zero-order valence-corrected chi connectivity index (χ0v) is 10.9. The number of nitrogens with one attached hydrogen (secondary N) is 1. The minimum atomic E-state index is -0.264. The summed E-state index contributed by atoms with van der Waals surface area (Å²) in [6.07, 6.45) is 4.29. The lowest BCUT2D eigenvalue weighted by atomic mass is 9.75. The Kier molecular flexibility index (Phi) is 3.16. The summed E-state index contributed by atoms with van der Waals surface area (Å²) in [7, 11) is 0. The molecule has 2 aliphatic rings. The Morgan fingerprint density at radius 1 is 1.39 bits per heavy atom. The minimum absolute atomic E-state index is 0.240. The Hall–Kier alpha value is -1.22. The topological polar surface area (TPSA) is 41.5 Å². The molecule has 1 fully saturated rings. The molecular weight excluding hydrogens is 226 g/mol. The monoisotopic (exact) mass is 247 g/mol. The lowest BCUT2D eigenvalue weighted by Gasteiger charge is -2.41. The van der Waals surface area contributed by atoms with Gasteiger partial charge in [-0.05, 0) is 49.4 Å². The summed E-state index contributed by atoms with van der Waals surface area (Å²) in [5, 5.41) is 13.8. The SMILES string of the molecule is CCOc1ccc2c(c1)CC(O)C(C1CCC1)N2. The first kappa shape index (κ1) is 11.8. The van der Waals surface area contributed by atoms with E-state index in [4.69, 9.17) is 4.74 Å². The third-order valence-electron chi connectivity index (χ3n) is 4.21. The number of aliphatic hydroxyl groups excluding tert-OH is 1. The molecule has 2 N–H and O–H groups in total. The van der Waals surface area contributed by atoms with Crippen molar-refractivity contribution in [2.75, 3.05) is 11.9 Å². The van der Waals surface area contributed by atoms with Gasteiger partial charge in [0, 0.05) is 12.1 Å². The van der Waals surface area contributed by atoms with Gasteiger partial charge in [0.05, 0.1) is 18.8 Å². The Morgan fingerprint density at radius 3 is 2.89 bits per heavy atom. The van der Waals surface area contributed by atoms with Crippen LogP contribution in [-0.4, -0.2) is 23.9 Å². The highest BCUT2D eigenvalue weighted by Crippen LogP contribution is 2.37. The average molecular weight is 247 g/mol. The number of anilines is 1. The molecule has 3 rings (SSSR count). The van der Waals surface area contributed by atoms with Gasteiger partial charge < -0.3 is 15.2 Å². The average Bonchev–Trinajstić information content (AvgIpc) is 2.28. The van der Waals surface area contributed by atoms with Gasteiger partial charge in [-0.25, -0.2) is 0 Å². The Morgan fingerprint density at radius 2 is 2.22 bits per heavy atom. The molecule has 1 heterocycles. The highest BCUT2D eigenvalue weighted by Gasteiger charge is 2.35. The Bertz CT molecular complexity index is 429. The van der Waals surface area contributed by atoms with E-state index in [0.29, 0.717) is 12.5 Å².